The predicted octanol–water partition coefficient (Wildman–Crippen LogP) is 12.7. The summed E-state index contributed by atoms with van der Waals surface area (Å²) < 4.78 is 0. The van der Waals surface area contributed by atoms with Crippen molar-refractivity contribution in [1.82, 2.24) is 0 Å². The predicted molar refractivity (Wildman–Crippen MR) is 204 cm³/mol. The standard InChI is InChI=1S/2C16H21.C6H13Si.C4H9.Zr/c2*1-10(2)13-8-14-6-12(5)7-16(14)15(9-13)11(3)4;1-3-4-5-6(2)7;1-3-4-2;/h2*6-11H,1-5H3;3H,4-5,7H2,1-2H3;1,3-4H2,2H3;/q4*-1;+4. The van der Waals surface area contributed by atoms with Gasteiger partial charge in [-0.1, -0.05) is 123 Å². The molecule has 0 bridgehead atoms. The number of aryl methyl sites for hydroxylation is 2. The normalized spacial score (nSPS) is 10.8. The van der Waals surface area contributed by atoms with Crippen LogP contribution in [0.2, 0.25) is 0 Å². The van der Waals surface area contributed by atoms with Crippen LogP contribution in [0.4, 0.5) is 0 Å². The third-order valence-electron chi connectivity index (χ3n) is 7.83. The van der Waals surface area contributed by atoms with Gasteiger partial charge in [-0.15, -0.1) is 62.1 Å². The van der Waals surface area contributed by atoms with Crippen molar-refractivity contribution in [2.24, 2.45) is 0 Å². The summed E-state index contributed by atoms with van der Waals surface area (Å²) in [5.41, 5.74) is 8.66. The molecule has 0 aliphatic carbocycles. The van der Waals surface area contributed by atoms with Gasteiger partial charge in [0.1, 0.15) is 0 Å². The molecule has 0 N–H and O–H groups in total. The smallest absolute Gasteiger partial charge is 0.343 e. The van der Waals surface area contributed by atoms with E-state index in [0.717, 1.165) is 6.42 Å². The quantitative estimate of drug-likeness (QED) is 0.128. The van der Waals surface area contributed by atoms with Crippen LogP contribution in [0.3, 0.4) is 0 Å². The maximum Gasteiger partial charge on any atom is 4.00 e. The zero-order chi connectivity index (χ0) is 32.9. The van der Waals surface area contributed by atoms with E-state index in [1.165, 1.54) is 74.2 Å². The molecule has 2 heteroatoms. The average molecular weight is 688 g/mol. The van der Waals surface area contributed by atoms with Crippen molar-refractivity contribution in [3.63, 3.8) is 0 Å². The topological polar surface area (TPSA) is 0 Å². The third kappa shape index (κ3) is 14.0. The molecular formula is C42H64SiZr. The number of hydrogen-bond donors (Lipinski definition) is 0. The van der Waals surface area contributed by atoms with Gasteiger partial charge in [-0.2, -0.15) is 31.9 Å². The summed E-state index contributed by atoms with van der Waals surface area (Å²) in [6, 6.07) is 18.7. The van der Waals surface area contributed by atoms with Gasteiger partial charge >= 0.3 is 26.2 Å². The second-order valence-electron chi connectivity index (χ2n) is 13.7. The van der Waals surface area contributed by atoms with Crippen LogP contribution in [0, 0.1) is 27.2 Å². The van der Waals surface area contributed by atoms with E-state index in [1.54, 1.807) is 5.17 Å². The molecule has 240 valence electrons. The van der Waals surface area contributed by atoms with E-state index in [9.17, 15) is 0 Å². The minimum atomic E-state index is 0. The van der Waals surface area contributed by atoms with Crippen LogP contribution in [-0.4, -0.2) is 15.0 Å². The minimum absolute atomic E-state index is 0. The van der Waals surface area contributed by atoms with Gasteiger partial charge in [0.15, 0.2) is 0 Å². The molecule has 0 aromatic heterocycles. The van der Waals surface area contributed by atoms with Gasteiger partial charge in [-0.3, -0.25) is 0 Å². The Balaban J connectivity index is 0.000000624. The molecule has 4 aromatic rings. The SMILES string of the molecule is C[CH-]CCC(C)=[SiH2].Cc1cc2c(C(C)C)cc(C(C)C)cc2[cH-]1.Cc1cc2c(C(C)C)cc(C(C)C)cc2[cH-]1.[CH2-]CCC.[Zr+4]. The zero-order valence-electron chi connectivity index (χ0n) is 30.7. The average Bonchev–Trinajstić information content (AvgIpc) is 3.51. The Morgan fingerprint density at radius 3 is 1.32 bits per heavy atom. The molecule has 4 aromatic carbocycles. The molecule has 0 heterocycles. The molecule has 0 fully saturated rings. The van der Waals surface area contributed by atoms with Gasteiger partial charge in [0.05, 0.1) is 0 Å². The fourth-order valence-corrected chi connectivity index (χ4v) is 5.26. The molecule has 0 aliphatic rings. The molecule has 0 radical (unpaired) electrons. The first-order valence-electron chi connectivity index (χ1n) is 16.8. The molecule has 0 aliphatic heterocycles. The van der Waals surface area contributed by atoms with E-state index >= 15 is 0 Å². The largest absolute Gasteiger partial charge is 4.00 e. The number of unbranched alkanes of at least 4 members (excludes halogenated alkanes) is 2. The van der Waals surface area contributed by atoms with E-state index in [2.05, 4.69) is 152 Å². The summed E-state index contributed by atoms with van der Waals surface area (Å²) in [5.74, 6) is 2.42. The Morgan fingerprint density at radius 2 is 1.09 bits per heavy atom. The molecule has 0 amide bonds. The van der Waals surface area contributed by atoms with Crippen LogP contribution < -0.4 is 0 Å². The number of benzene rings is 2. The first kappa shape index (κ1) is 42.6. The third-order valence-corrected chi connectivity index (χ3v) is 8.19. The van der Waals surface area contributed by atoms with Crippen LogP contribution in [-0.2, 0) is 26.2 Å². The van der Waals surface area contributed by atoms with Crippen LogP contribution in [0.1, 0.15) is 159 Å². The Kier molecular flexibility index (Phi) is 20.8. The molecule has 0 saturated heterocycles. The van der Waals surface area contributed by atoms with Crippen molar-refractivity contribution >= 4 is 36.6 Å². The number of hydrogen-bond acceptors (Lipinski definition) is 0. The van der Waals surface area contributed by atoms with Crippen molar-refractivity contribution in [3.05, 3.63) is 95.3 Å². The maximum atomic E-state index is 3.60. The maximum absolute atomic E-state index is 3.60. The molecule has 44 heavy (non-hydrogen) atoms. The summed E-state index contributed by atoms with van der Waals surface area (Å²) in [5, 5.41) is 7.26. The second kappa shape index (κ2) is 21.4. The van der Waals surface area contributed by atoms with Gasteiger partial charge in [-0.25, -0.2) is 0 Å². The first-order valence-corrected chi connectivity index (χ1v) is 17.5. The minimum Gasteiger partial charge on any atom is -0.343 e. The van der Waals surface area contributed by atoms with Gasteiger partial charge in [-0.05, 0) is 40.5 Å². The van der Waals surface area contributed by atoms with Crippen molar-refractivity contribution in [3.8, 4) is 0 Å². The van der Waals surface area contributed by atoms with Crippen molar-refractivity contribution in [1.29, 1.82) is 0 Å². The van der Waals surface area contributed by atoms with Gasteiger partial charge in [0.25, 0.3) is 0 Å². The Bertz CT molecular complexity index is 1280. The number of fused-ring (bicyclic) bond motifs is 2. The summed E-state index contributed by atoms with van der Waals surface area (Å²) >= 11 is 0. The van der Waals surface area contributed by atoms with Crippen LogP contribution in [0.25, 0.3) is 21.5 Å². The summed E-state index contributed by atoms with van der Waals surface area (Å²) in [4.78, 5) is 0. The van der Waals surface area contributed by atoms with E-state index in [-0.39, 0.29) is 26.2 Å². The van der Waals surface area contributed by atoms with Crippen LogP contribution >= 0.6 is 0 Å². The zero-order valence-corrected chi connectivity index (χ0v) is 34.6. The first-order chi connectivity index (χ1) is 20.2. The van der Waals surface area contributed by atoms with Gasteiger partial charge in [0.2, 0.25) is 0 Å². The molecule has 0 atom stereocenters. The fourth-order valence-electron chi connectivity index (χ4n) is 5.06. The number of rotatable bonds is 8. The second-order valence-corrected chi connectivity index (χ2v) is 14.9. The van der Waals surface area contributed by atoms with Gasteiger partial charge in [0, 0.05) is 0 Å². The van der Waals surface area contributed by atoms with Crippen LogP contribution in [0.15, 0.2) is 48.5 Å². The van der Waals surface area contributed by atoms with Gasteiger partial charge < -0.3 is 13.3 Å². The Morgan fingerprint density at radius 1 is 0.727 bits per heavy atom. The monoisotopic (exact) mass is 686 g/mol. The van der Waals surface area contributed by atoms with Crippen LogP contribution in [0.5, 0.6) is 0 Å². The van der Waals surface area contributed by atoms with E-state index in [1.807, 2.05) is 9.85 Å². The van der Waals surface area contributed by atoms with E-state index in [0.29, 0.717) is 23.7 Å². The molecule has 4 rings (SSSR count). The van der Waals surface area contributed by atoms with Crippen molar-refractivity contribution in [2.75, 3.05) is 0 Å². The van der Waals surface area contributed by atoms with E-state index < -0.39 is 0 Å². The van der Waals surface area contributed by atoms with Crippen molar-refractivity contribution < 1.29 is 26.2 Å². The molecule has 0 unspecified atom stereocenters. The Hall–Kier alpha value is -1.37. The molecular weight excluding hydrogens is 624 g/mol. The summed E-state index contributed by atoms with van der Waals surface area (Å²) in [6.45, 7) is 32.5. The molecule has 0 saturated carbocycles. The molecule has 0 nitrogen and oxygen atoms in total. The summed E-state index contributed by atoms with van der Waals surface area (Å²) in [7, 11) is 1.99. The summed E-state index contributed by atoms with van der Waals surface area (Å²) in [6.07, 6.45) is 7.00. The van der Waals surface area contributed by atoms with Crippen molar-refractivity contribution in [2.45, 2.75) is 139 Å². The van der Waals surface area contributed by atoms with E-state index in [4.69, 9.17) is 0 Å². The Labute approximate surface area is 295 Å². The fraction of sp³-hybridized carbons (Fsp3) is 0.500. The molecule has 0 spiro atoms.